The Kier molecular flexibility index (Phi) is 4.40. The van der Waals surface area contributed by atoms with Crippen LogP contribution in [-0.4, -0.2) is 16.6 Å². The number of hydrogen-bond donors (Lipinski definition) is 2. The number of anilines is 3. The summed E-state index contributed by atoms with van der Waals surface area (Å²) in [6.07, 6.45) is 1.44. The second-order valence-corrected chi connectivity index (χ2v) is 4.78. The van der Waals surface area contributed by atoms with Crippen molar-refractivity contribution in [2.75, 3.05) is 17.7 Å². The van der Waals surface area contributed by atoms with Gasteiger partial charge in [-0.15, -0.1) is 0 Å². The molecule has 0 saturated heterocycles. The Hall–Kier alpha value is -2.30. The number of rotatable bonds is 5. The van der Waals surface area contributed by atoms with Crippen molar-refractivity contribution in [3.05, 3.63) is 36.2 Å². The molecule has 0 bridgehead atoms. The Morgan fingerprint density at radius 3 is 2.80 bits per heavy atom. The summed E-state index contributed by atoms with van der Waals surface area (Å²) in [5, 5.41) is 3.21. The van der Waals surface area contributed by atoms with Crippen LogP contribution in [0.25, 0.3) is 0 Å². The fraction of sp³-hybridized carbons (Fsp3) is 0.333. The van der Waals surface area contributed by atoms with Crippen LogP contribution in [-0.2, 0) is 0 Å². The number of nitrogens with two attached hydrogens (primary N) is 1. The van der Waals surface area contributed by atoms with Gasteiger partial charge in [0.15, 0.2) is 5.82 Å². The number of nitrogens with one attached hydrogen (secondary N) is 1. The van der Waals surface area contributed by atoms with Gasteiger partial charge in [0, 0.05) is 5.69 Å². The monoisotopic (exact) mass is 272 g/mol. The molecule has 2 aromatic rings. The lowest BCUT2D eigenvalue weighted by Crippen LogP contribution is -2.05. The van der Waals surface area contributed by atoms with E-state index in [1.807, 2.05) is 19.1 Å². The molecule has 1 heterocycles. The molecule has 0 spiro atoms. The van der Waals surface area contributed by atoms with Crippen molar-refractivity contribution in [3.63, 3.8) is 0 Å². The minimum absolute atomic E-state index is 0.407. The molecule has 0 aliphatic heterocycles. The molecule has 1 aromatic carbocycles. The molecule has 0 fully saturated rings. The Balaban J connectivity index is 2.26. The third kappa shape index (κ3) is 3.17. The largest absolute Gasteiger partial charge is 0.476 e. The molecule has 0 atom stereocenters. The van der Waals surface area contributed by atoms with E-state index < -0.39 is 0 Å². The lowest BCUT2D eigenvalue weighted by Gasteiger charge is -2.12. The minimum atomic E-state index is 0.407. The number of benzene rings is 1. The predicted molar refractivity (Wildman–Crippen MR) is 81.4 cm³/mol. The van der Waals surface area contributed by atoms with E-state index in [1.54, 1.807) is 0 Å². The maximum atomic E-state index is 6.00. The highest BCUT2D eigenvalue weighted by molar-refractivity contribution is 5.72. The van der Waals surface area contributed by atoms with Gasteiger partial charge in [-0.1, -0.05) is 26.0 Å². The second-order valence-electron chi connectivity index (χ2n) is 4.78. The van der Waals surface area contributed by atoms with Gasteiger partial charge in [-0.3, -0.25) is 0 Å². The van der Waals surface area contributed by atoms with Gasteiger partial charge in [0.2, 0.25) is 5.88 Å². The lowest BCUT2D eigenvalue weighted by atomic mass is 10.0. The van der Waals surface area contributed by atoms with Crippen molar-refractivity contribution in [1.29, 1.82) is 0 Å². The van der Waals surface area contributed by atoms with E-state index in [0.29, 0.717) is 29.9 Å². The van der Waals surface area contributed by atoms with Crippen LogP contribution in [0.4, 0.5) is 17.2 Å². The van der Waals surface area contributed by atoms with Crippen LogP contribution in [0, 0.1) is 0 Å². The van der Waals surface area contributed by atoms with Crippen molar-refractivity contribution in [1.82, 2.24) is 9.97 Å². The van der Waals surface area contributed by atoms with E-state index in [2.05, 4.69) is 41.3 Å². The van der Waals surface area contributed by atoms with Gasteiger partial charge in [-0.2, -0.15) is 4.98 Å². The van der Waals surface area contributed by atoms with E-state index in [-0.39, 0.29) is 0 Å². The Morgan fingerprint density at radius 1 is 1.30 bits per heavy atom. The Labute approximate surface area is 119 Å². The van der Waals surface area contributed by atoms with Crippen LogP contribution >= 0.6 is 0 Å². The standard InChI is InChI=1S/C15H20N4O/c1-4-20-15-13(16)14(17-9-18-15)19-12-7-5-6-11(8-12)10(2)3/h5-10H,4,16H2,1-3H3,(H,17,18,19). The molecule has 1 aromatic heterocycles. The maximum absolute atomic E-state index is 6.00. The molecule has 0 aliphatic rings. The number of ether oxygens (including phenoxy) is 1. The van der Waals surface area contributed by atoms with E-state index in [1.165, 1.54) is 11.9 Å². The van der Waals surface area contributed by atoms with Crippen LogP contribution in [0.3, 0.4) is 0 Å². The van der Waals surface area contributed by atoms with Gasteiger partial charge in [0.05, 0.1) is 6.61 Å². The zero-order valence-corrected chi connectivity index (χ0v) is 12.1. The zero-order chi connectivity index (χ0) is 14.5. The van der Waals surface area contributed by atoms with Crippen molar-refractivity contribution in [2.24, 2.45) is 0 Å². The van der Waals surface area contributed by atoms with Gasteiger partial charge in [0.1, 0.15) is 12.0 Å². The number of nitrogen functional groups attached to an aromatic ring is 1. The van der Waals surface area contributed by atoms with Gasteiger partial charge in [-0.25, -0.2) is 4.98 Å². The third-order valence-corrected chi connectivity index (χ3v) is 2.94. The quantitative estimate of drug-likeness (QED) is 0.873. The first kappa shape index (κ1) is 14.1. The second kappa shape index (κ2) is 6.23. The summed E-state index contributed by atoms with van der Waals surface area (Å²) in [4.78, 5) is 8.18. The highest BCUT2D eigenvalue weighted by Crippen LogP contribution is 2.28. The fourth-order valence-corrected chi connectivity index (χ4v) is 1.84. The molecule has 0 aliphatic carbocycles. The summed E-state index contributed by atoms with van der Waals surface area (Å²) in [7, 11) is 0. The number of nitrogens with zero attached hydrogens (tertiary/aromatic N) is 2. The molecular weight excluding hydrogens is 252 g/mol. The average Bonchev–Trinajstić information content (AvgIpc) is 2.44. The number of hydrogen-bond acceptors (Lipinski definition) is 5. The molecule has 0 radical (unpaired) electrons. The predicted octanol–water partition coefficient (Wildman–Crippen LogP) is 3.32. The first-order valence-electron chi connectivity index (χ1n) is 6.72. The minimum Gasteiger partial charge on any atom is -0.476 e. The van der Waals surface area contributed by atoms with Gasteiger partial charge >= 0.3 is 0 Å². The highest BCUT2D eigenvalue weighted by Gasteiger charge is 2.09. The Morgan fingerprint density at radius 2 is 2.10 bits per heavy atom. The molecule has 106 valence electrons. The van der Waals surface area contributed by atoms with Gasteiger partial charge < -0.3 is 15.8 Å². The molecule has 0 unspecified atom stereocenters. The zero-order valence-electron chi connectivity index (χ0n) is 12.1. The van der Waals surface area contributed by atoms with Gasteiger partial charge in [-0.05, 0) is 30.5 Å². The van der Waals surface area contributed by atoms with E-state index in [4.69, 9.17) is 10.5 Å². The molecular formula is C15H20N4O. The first-order chi connectivity index (χ1) is 9.61. The molecule has 5 heteroatoms. The first-order valence-corrected chi connectivity index (χ1v) is 6.72. The molecule has 20 heavy (non-hydrogen) atoms. The van der Waals surface area contributed by atoms with E-state index in [9.17, 15) is 0 Å². The highest BCUT2D eigenvalue weighted by atomic mass is 16.5. The van der Waals surface area contributed by atoms with Crippen molar-refractivity contribution in [3.8, 4) is 5.88 Å². The molecule has 2 rings (SSSR count). The van der Waals surface area contributed by atoms with Crippen LogP contribution in [0.1, 0.15) is 32.3 Å². The maximum Gasteiger partial charge on any atom is 0.242 e. The van der Waals surface area contributed by atoms with Crippen LogP contribution in [0.5, 0.6) is 5.88 Å². The molecule has 0 saturated carbocycles. The smallest absolute Gasteiger partial charge is 0.242 e. The van der Waals surface area contributed by atoms with E-state index in [0.717, 1.165) is 5.69 Å². The van der Waals surface area contributed by atoms with Crippen molar-refractivity contribution < 1.29 is 4.74 Å². The lowest BCUT2D eigenvalue weighted by molar-refractivity contribution is 0.328. The summed E-state index contributed by atoms with van der Waals surface area (Å²) in [6, 6.07) is 8.18. The van der Waals surface area contributed by atoms with E-state index >= 15 is 0 Å². The van der Waals surface area contributed by atoms with Crippen LogP contribution in [0.15, 0.2) is 30.6 Å². The van der Waals surface area contributed by atoms with Gasteiger partial charge in [0.25, 0.3) is 0 Å². The van der Waals surface area contributed by atoms with Crippen LogP contribution < -0.4 is 15.8 Å². The van der Waals surface area contributed by atoms with Crippen molar-refractivity contribution >= 4 is 17.2 Å². The average molecular weight is 272 g/mol. The van der Waals surface area contributed by atoms with Crippen molar-refractivity contribution in [2.45, 2.75) is 26.7 Å². The normalized spacial score (nSPS) is 10.6. The number of aromatic nitrogens is 2. The Bertz CT molecular complexity index is 584. The topological polar surface area (TPSA) is 73.1 Å². The summed E-state index contributed by atoms with van der Waals surface area (Å²) >= 11 is 0. The summed E-state index contributed by atoms with van der Waals surface area (Å²) in [5.41, 5.74) is 8.63. The molecule has 3 N–H and O–H groups in total. The fourth-order valence-electron chi connectivity index (χ4n) is 1.84. The molecule has 0 amide bonds. The van der Waals surface area contributed by atoms with Crippen LogP contribution in [0.2, 0.25) is 0 Å². The summed E-state index contributed by atoms with van der Waals surface area (Å²) in [6.45, 7) is 6.72. The third-order valence-electron chi connectivity index (χ3n) is 2.94. The summed E-state index contributed by atoms with van der Waals surface area (Å²) in [5.74, 6) is 1.44. The summed E-state index contributed by atoms with van der Waals surface area (Å²) < 4.78 is 5.36. The molecule has 5 nitrogen and oxygen atoms in total. The SMILES string of the molecule is CCOc1ncnc(Nc2cccc(C(C)C)c2)c1N.